The Morgan fingerprint density at radius 2 is 1.96 bits per heavy atom. The van der Waals surface area contributed by atoms with E-state index in [-0.39, 0.29) is 12.3 Å². The third-order valence-corrected chi connectivity index (χ3v) is 5.91. The predicted octanol–water partition coefficient (Wildman–Crippen LogP) is 5.86. The van der Waals surface area contributed by atoms with E-state index in [1.54, 1.807) is 18.2 Å². The number of aromatic nitrogens is 2. The fourth-order valence-electron chi connectivity index (χ4n) is 2.78. The van der Waals surface area contributed by atoms with E-state index >= 15 is 0 Å². The number of fused-ring (bicyclic) bond motifs is 1. The summed E-state index contributed by atoms with van der Waals surface area (Å²) in [7, 11) is 0. The third-order valence-electron chi connectivity index (χ3n) is 4.20. The van der Waals surface area contributed by atoms with Crippen molar-refractivity contribution in [1.82, 2.24) is 9.38 Å². The summed E-state index contributed by atoms with van der Waals surface area (Å²) in [6, 6.07) is 13.4. The maximum absolute atomic E-state index is 12.5. The Kier molecular flexibility index (Phi) is 4.91. The lowest BCUT2D eigenvalue weighted by atomic mass is 10.1. The fourth-order valence-corrected chi connectivity index (χ4v) is 4.00. The summed E-state index contributed by atoms with van der Waals surface area (Å²) in [4.78, 5) is 18.0. The molecule has 0 spiro atoms. The smallest absolute Gasteiger partial charge is 0.230 e. The van der Waals surface area contributed by atoms with Crippen LogP contribution in [0.5, 0.6) is 0 Å². The van der Waals surface area contributed by atoms with Gasteiger partial charge in [-0.15, -0.1) is 11.3 Å². The van der Waals surface area contributed by atoms with Crippen LogP contribution in [0, 0.1) is 6.92 Å². The Labute approximate surface area is 170 Å². The van der Waals surface area contributed by atoms with E-state index in [2.05, 4.69) is 41.5 Å². The summed E-state index contributed by atoms with van der Waals surface area (Å²) in [6.45, 7) is 2.05. The van der Waals surface area contributed by atoms with Gasteiger partial charge in [0.2, 0.25) is 5.91 Å². The molecule has 0 aliphatic rings. The SMILES string of the molecule is Cc1ccc(-c2cn3c(CC(=O)Nc4cccc(Cl)c4Cl)csc3n2)cc1. The molecule has 0 atom stereocenters. The van der Waals surface area contributed by atoms with Crippen molar-refractivity contribution in [3.8, 4) is 11.3 Å². The quantitative estimate of drug-likeness (QED) is 0.453. The number of carbonyl (C=O) groups excluding carboxylic acids is 1. The van der Waals surface area contributed by atoms with Gasteiger partial charge >= 0.3 is 0 Å². The number of imidazole rings is 1. The van der Waals surface area contributed by atoms with E-state index < -0.39 is 0 Å². The monoisotopic (exact) mass is 415 g/mol. The topological polar surface area (TPSA) is 46.4 Å². The molecule has 7 heteroatoms. The van der Waals surface area contributed by atoms with Crippen LogP contribution < -0.4 is 5.32 Å². The zero-order chi connectivity index (χ0) is 19.0. The van der Waals surface area contributed by atoms with Crippen molar-refractivity contribution in [1.29, 1.82) is 0 Å². The standard InChI is InChI=1S/C20H15Cl2N3OS/c1-12-5-7-13(8-6-12)17-10-25-14(11-27-20(25)24-17)9-18(26)23-16-4-2-3-15(21)19(16)22/h2-8,10-11H,9H2,1H3,(H,23,26). The number of amides is 1. The summed E-state index contributed by atoms with van der Waals surface area (Å²) >= 11 is 13.6. The van der Waals surface area contributed by atoms with Gasteiger partial charge in [0.1, 0.15) is 0 Å². The van der Waals surface area contributed by atoms with Crippen molar-refractivity contribution in [3.05, 3.63) is 75.3 Å². The number of rotatable bonds is 4. The van der Waals surface area contributed by atoms with Crippen LogP contribution in [0.3, 0.4) is 0 Å². The Morgan fingerprint density at radius 3 is 2.74 bits per heavy atom. The van der Waals surface area contributed by atoms with Crippen LogP contribution in [0.25, 0.3) is 16.2 Å². The normalized spacial score (nSPS) is 11.1. The number of nitrogens with one attached hydrogen (secondary N) is 1. The second-order valence-electron chi connectivity index (χ2n) is 6.20. The van der Waals surface area contributed by atoms with Gasteiger partial charge in [-0.3, -0.25) is 9.20 Å². The number of hydrogen-bond donors (Lipinski definition) is 1. The molecule has 0 radical (unpaired) electrons. The molecular formula is C20H15Cl2N3OS. The van der Waals surface area contributed by atoms with Crippen LogP contribution in [0.2, 0.25) is 10.0 Å². The van der Waals surface area contributed by atoms with Crippen LogP contribution >= 0.6 is 34.5 Å². The van der Waals surface area contributed by atoms with Gasteiger partial charge < -0.3 is 5.32 Å². The third kappa shape index (κ3) is 3.72. The lowest BCUT2D eigenvalue weighted by molar-refractivity contribution is -0.115. The molecule has 27 heavy (non-hydrogen) atoms. The Hall–Kier alpha value is -2.34. The summed E-state index contributed by atoms with van der Waals surface area (Å²) < 4.78 is 1.96. The molecule has 0 unspecified atom stereocenters. The van der Waals surface area contributed by atoms with Gasteiger partial charge in [0, 0.05) is 22.8 Å². The average Bonchev–Trinajstić information content (AvgIpc) is 3.22. The molecule has 0 saturated carbocycles. The van der Waals surface area contributed by atoms with Crippen LogP contribution in [-0.2, 0) is 11.2 Å². The summed E-state index contributed by atoms with van der Waals surface area (Å²) in [6.07, 6.45) is 2.18. The first-order valence-electron chi connectivity index (χ1n) is 8.27. The summed E-state index contributed by atoms with van der Waals surface area (Å²) in [5, 5.41) is 5.51. The van der Waals surface area contributed by atoms with Crippen LogP contribution in [0.4, 0.5) is 5.69 Å². The minimum Gasteiger partial charge on any atom is -0.324 e. The molecule has 0 aliphatic heterocycles. The van der Waals surface area contributed by atoms with Gasteiger partial charge in [-0.25, -0.2) is 4.98 Å². The van der Waals surface area contributed by atoms with E-state index in [0.29, 0.717) is 15.7 Å². The molecular weight excluding hydrogens is 401 g/mol. The van der Waals surface area contributed by atoms with Gasteiger partial charge in [-0.05, 0) is 19.1 Å². The molecule has 136 valence electrons. The molecule has 1 amide bonds. The summed E-state index contributed by atoms with van der Waals surface area (Å²) in [5.41, 5.74) is 4.53. The van der Waals surface area contributed by atoms with E-state index in [1.807, 2.05) is 16.0 Å². The molecule has 4 nitrogen and oxygen atoms in total. The largest absolute Gasteiger partial charge is 0.324 e. The van der Waals surface area contributed by atoms with Gasteiger partial charge in [0.25, 0.3) is 0 Å². The molecule has 2 aromatic heterocycles. The fraction of sp³-hybridized carbons (Fsp3) is 0.100. The number of halogens is 2. The first-order chi connectivity index (χ1) is 13.0. The molecule has 1 N–H and O–H groups in total. The van der Waals surface area contributed by atoms with E-state index in [1.165, 1.54) is 16.9 Å². The maximum atomic E-state index is 12.5. The number of anilines is 1. The number of thiazole rings is 1. The maximum Gasteiger partial charge on any atom is 0.230 e. The molecule has 0 saturated heterocycles. The Bertz CT molecular complexity index is 1130. The molecule has 0 bridgehead atoms. The lowest BCUT2D eigenvalue weighted by Gasteiger charge is -2.07. The first kappa shape index (κ1) is 18.0. The van der Waals surface area contributed by atoms with Crippen molar-refractivity contribution < 1.29 is 4.79 Å². The average molecular weight is 416 g/mol. The van der Waals surface area contributed by atoms with E-state index in [4.69, 9.17) is 23.2 Å². The number of hydrogen-bond acceptors (Lipinski definition) is 3. The first-order valence-corrected chi connectivity index (χ1v) is 9.91. The minimum absolute atomic E-state index is 0.163. The van der Waals surface area contributed by atoms with Crippen LogP contribution in [0.15, 0.2) is 54.0 Å². The van der Waals surface area contributed by atoms with Crippen molar-refractivity contribution in [3.63, 3.8) is 0 Å². The zero-order valence-electron chi connectivity index (χ0n) is 14.4. The number of benzene rings is 2. The predicted molar refractivity (Wildman–Crippen MR) is 112 cm³/mol. The Balaban J connectivity index is 1.56. The number of nitrogens with zero attached hydrogens (tertiary/aromatic N) is 2. The molecule has 0 fully saturated rings. The minimum atomic E-state index is -0.163. The molecule has 2 aromatic carbocycles. The van der Waals surface area contributed by atoms with Gasteiger partial charge in [-0.2, -0.15) is 0 Å². The van der Waals surface area contributed by atoms with E-state index in [9.17, 15) is 4.79 Å². The molecule has 0 aliphatic carbocycles. The van der Waals surface area contributed by atoms with Crippen LogP contribution in [-0.4, -0.2) is 15.3 Å². The summed E-state index contributed by atoms with van der Waals surface area (Å²) in [5.74, 6) is -0.163. The van der Waals surface area contributed by atoms with Crippen LogP contribution in [0.1, 0.15) is 11.3 Å². The number of aryl methyl sites for hydroxylation is 1. The highest BCUT2D eigenvalue weighted by atomic mass is 35.5. The Morgan fingerprint density at radius 1 is 1.19 bits per heavy atom. The highest BCUT2D eigenvalue weighted by molar-refractivity contribution is 7.15. The van der Waals surface area contributed by atoms with Gasteiger partial charge in [0.05, 0.1) is 27.8 Å². The zero-order valence-corrected chi connectivity index (χ0v) is 16.7. The molecule has 4 aromatic rings. The number of carbonyl (C=O) groups is 1. The molecule has 4 rings (SSSR count). The van der Waals surface area contributed by atoms with Gasteiger partial charge in [0.15, 0.2) is 4.96 Å². The van der Waals surface area contributed by atoms with Crippen molar-refractivity contribution in [2.75, 3.05) is 5.32 Å². The van der Waals surface area contributed by atoms with Crippen molar-refractivity contribution in [2.45, 2.75) is 13.3 Å². The molecule has 2 heterocycles. The second kappa shape index (κ2) is 7.35. The van der Waals surface area contributed by atoms with Gasteiger partial charge in [-0.1, -0.05) is 59.1 Å². The van der Waals surface area contributed by atoms with Crippen molar-refractivity contribution >= 4 is 51.1 Å². The van der Waals surface area contributed by atoms with Crippen molar-refractivity contribution in [2.24, 2.45) is 0 Å². The van der Waals surface area contributed by atoms with E-state index in [0.717, 1.165) is 21.9 Å². The second-order valence-corrected chi connectivity index (χ2v) is 7.82. The highest BCUT2D eigenvalue weighted by Crippen LogP contribution is 2.30. The highest BCUT2D eigenvalue weighted by Gasteiger charge is 2.14. The lowest BCUT2D eigenvalue weighted by Crippen LogP contribution is -2.15.